The van der Waals surface area contributed by atoms with Gasteiger partial charge in [0, 0.05) is 26.0 Å². The molecular formula is C9H17N3O2. The fraction of sp³-hybridized carbons (Fsp3) is 0.444. The highest BCUT2D eigenvalue weighted by Crippen LogP contribution is 2.01. The van der Waals surface area contributed by atoms with E-state index in [-0.39, 0.29) is 6.54 Å². The second-order valence-corrected chi connectivity index (χ2v) is 2.85. The summed E-state index contributed by atoms with van der Waals surface area (Å²) in [5, 5.41) is 7.60. The molecule has 1 aliphatic rings. The van der Waals surface area contributed by atoms with Crippen LogP contribution < -0.4 is 5.73 Å². The van der Waals surface area contributed by atoms with Gasteiger partial charge in [0.15, 0.2) is 0 Å². The molecule has 0 aromatic rings. The van der Waals surface area contributed by atoms with Crippen molar-refractivity contribution in [3.05, 3.63) is 25.1 Å². The first-order chi connectivity index (χ1) is 6.60. The minimum atomic E-state index is -0.968. The van der Waals surface area contributed by atoms with Gasteiger partial charge in [0.2, 0.25) is 0 Å². The van der Waals surface area contributed by atoms with Gasteiger partial charge in [0.05, 0.1) is 13.2 Å². The number of nitrogens with two attached hydrogens (primary N) is 1. The molecule has 0 unspecified atom stereocenters. The van der Waals surface area contributed by atoms with Gasteiger partial charge in [0.25, 0.3) is 0 Å². The fourth-order valence-electron chi connectivity index (χ4n) is 0.873. The van der Waals surface area contributed by atoms with Gasteiger partial charge >= 0.3 is 5.97 Å². The monoisotopic (exact) mass is 199 g/mol. The molecule has 0 aliphatic carbocycles. The Labute approximate surface area is 84.1 Å². The lowest BCUT2D eigenvalue weighted by atomic mass is 10.6. The average molecular weight is 199 g/mol. The van der Waals surface area contributed by atoms with Gasteiger partial charge in [-0.15, -0.1) is 6.58 Å². The van der Waals surface area contributed by atoms with Gasteiger partial charge < -0.3 is 20.6 Å². The van der Waals surface area contributed by atoms with E-state index >= 15 is 0 Å². The number of carboxylic acids is 1. The number of rotatable bonds is 3. The molecule has 1 aliphatic heterocycles. The van der Waals surface area contributed by atoms with Gasteiger partial charge in [-0.05, 0) is 0 Å². The van der Waals surface area contributed by atoms with Crippen molar-refractivity contribution < 1.29 is 9.90 Å². The Hall–Kier alpha value is -1.49. The van der Waals surface area contributed by atoms with Crippen molar-refractivity contribution in [2.24, 2.45) is 5.73 Å². The Balaban J connectivity index is 0.000000292. The molecule has 0 fully saturated rings. The summed E-state index contributed by atoms with van der Waals surface area (Å²) >= 11 is 0. The van der Waals surface area contributed by atoms with Crippen molar-refractivity contribution in [3.63, 3.8) is 0 Å². The molecule has 0 spiro atoms. The molecule has 0 aromatic carbocycles. The van der Waals surface area contributed by atoms with Crippen molar-refractivity contribution in [3.8, 4) is 0 Å². The molecule has 0 saturated carbocycles. The minimum absolute atomic E-state index is 0.278. The number of carbonyl (C=O) groups is 1. The molecule has 0 aromatic heterocycles. The topological polar surface area (TPSA) is 69.8 Å². The summed E-state index contributed by atoms with van der Waals surface area (Å²) in [5.41, 5.74) is 4.57. The summed E-state index contributed by atoms with van der Waals surface area (Å²) in [7, 11) is 2.06. The minimum Gasteiger partial charge on any atom is -0.480 e. The molecule has 80 valence electrons. The number of nitrogens with zero attached hydrogens (tertiary/aromatic N) is 2. The summed E-state index contributed by atoms with van der Waals surface area (Å²) in [6.07, 6.45) is 6.04. The summed E-state index contributed by atoms with van der Waals surface area (Å²) in [5.74, 6) is -0.968. The Morgan fingerprint density at radius 3 is 2.57 bits per heavy atom. The summed E-state index contributed by atoms with van der Waals surface area (Å²) < 4.78 is 0. The highest BCUT2D eigenvalue weighted by molar-refractivity contribution is 5.68. The molecule has 1 rings (SSSR count). The van der Waals surface area contributed by atoms with Crippen LogP contribution in [0.1, 0.15) is 0 Å². The zero-order valence-corrected chi connectivity index (χ0v) is 8.39. The lowest BCUT2D eigenvalue weighted by molar-refractivity contribution is -0.135. The number of hydrogen-bond acceptors (Lipinski definition) is 4. The van der Waals surface area contributed by atoms with E-state index in [1.165, 1.54) is 0 Å². The maximum atomic E-state index is 9.24. The Kier molecular flexibility index (Phi) is 6.22. The Morgan fingerprint density at radius 1 is 1.71 bits per heavy atom. The highest BCUT2D eigenvalue weighted by atomic mass is 16.4. The fourth-order valence-corrected chi connectivity index (χ4v) is 0.873. The third-order valence-corrected chi connectivity index (χ3v) is 1.47. The average Bonchev–Trinajstić information content (AvgIpc) is 2.53. The molecular weight excluding hydrogens is 182 g/mol. The Morgan fingerprint density at radius 2 is 2.29 bits per heavy atom. The van der Waals surface area contributed by atoms with E-state index in [2.05, 4.69) is 41.6 Å². The van der Waals surface area contributed by atoms with Crippen LogP contribution in [-0.2, 0) is 4.79 Å². The highest BCUT2D eigenvalue weighted by Gasteiger charge is 2.04. The molecule has 14 heavy (non-hydrogen) atoms. The second kappa shape index (κ2) is 6.97. The van der Waals surface area contributed by atoms with Crippen LogP contribution in [0.3, 0.4) is 0 Å². The first-order valence-corrected chi connectivity index (χ1v) is 4.25. The van der Waals surface area contributed by atoms with Crippen LogP contribution in [0.4, 0.5) is 0 Å². The van der Waals surface area contributed by atoms with E-state index in [0.717, 1.165) is 13.2 Å². The van der Waals surface area contributed by atoms with Crippen molar-refractivity contribution in [1.82, 2.24) is 9.80 Å². The molecule has 0 saturated heterocycles. The third-order valence-electron chi connectivity index (χ3n) is 1.47. The molecule has 3 N–H and O–H groups in total. The quantitative estimate of drug-likeness (QED) is 0.620. The molecule has 0 radical (unpaired) electrons. The van der Waals surface area contributed by atoms with Gasteiger partial charge in [-0.2, -0.15) is 0 Å². The smallest absolute Gasteiger partial charge is 0.317 e. The lowest BCUT2D eigenvalue weighted by Gasteiger charge is -2.15. The van der Waals surface area contributed by atoms with E-state index in [9.17, 15) is 4.79 Å². The van der Waals surface area contributed by atoms with Crippen LogP contribution >= 0.6 is 0 Å². The molecule has 0 atom stereocenters. The maximum Gasteiger partial charge on any atom is 0.317 e. The predicted octanol–water partition coefficient (Wildman–Crippen LogP) is -0.122. The zero-order chi connectivity index (χ0) is 11.0. The molecule has 1 heterocycles. The van der Waals surface area contributed by atoms with E-state index in [0.29, 0.717) is 0 Å². The Bertz CT molecular complexity index is 216. The van der Waals surface area contributed by atoms with E-state index in [1.54, 1.807) is 0 Å². The maximum absolute atomic E-state index is 9.24. The van der Waals surface area contributed by atoms with Gasteiger partial charge in [-0.1, -0.05) is 6.08 Å². The van der Waals surface area contributed by atoms with Crippen molar-refractivity contribution in [1.29, 1.82) is 0 Å². The van der Waals surface area contributed by atoms with Crippen LogP contribution in [0, 0.1) is 0 Å². The van der Waals surface area contributed by atoms with Crippen LogP contribution in [0.5, 0.6) is 0 Å². The van der Waals surface area contributed by atoms with E-state index in [4.69, 9.17) is 5.11 Å². The van der Waals surface area contributed by atoms with Crippen LogP contribution in [0.2, 0.25) is 0 Å². The van der Waals surface area contributed by atoms with Gasteiger partial charge in [-0.3, -0.25) is 4.79 Å². The van der Waals surface area contributed by atoms with E-state index in [1.807, 2.05) is 6.08 Å². The van der Waals surface area contributed by atoms with Crippen LogP contribution in [-0.4, -0.2) is 47.7 Å². The zero-order valence-electron chi connectivity index (χ0n) is 8.39. The molecule has 5 heteroatoms. The van der Waals surface area contributed by atoms with Crippen molar-refractivity contribution in [2.45, 2.75) is 0 Å². The lowest BCUT2D eigenvalue weighted by Crippen LogP contribution is -2.21. The largest absolute Gasteiger partial charge is 0.480 e. The van der Waals surface area contributed by atoms with Crippen molar-refractivity contribution in [2.75, 3.05) is 26.8 Å². The first kappa shape index (κ1) is 12.5. The second-order valence-electron chi connectivity index (χ2n) is 2.85. The third kappa shape index (κ3) is 6.07. The van der Waals surface area contributed by atoms with Crippen LogP contribution in [0.25, 0.3) is 0 Å². The van der Waals surface area contributed by atoms with Crippen LogP contribution in [0.15, 0.2) is 25.1 Å². The number of hydrogen-bond donors (Lipinski definition) is 2. The molecule has 0 amide bonds. The van der Waals surface area contributed by atoms with Crippen molar-refractivity contribution >= 4 is 5.97 Å². The summed E-state index contributed by atoms with van der Waals surface area (Å²) in [6, 6.07) is 0. The normalized spacial score (nSPS) is 13.6. The number of carboxylic acid groups (broad SMARTS) is 1. The predicted molar refractivity (Wildman–Crippen MR) is 55.4 cm³/mol. The summed E-state index contributed by atoms with van der Waals surface area (Å²) in [6.45, 7) is 5.31. The SMILES string of the molecule is C=CCN1C=CN(C)C1.NCC(=O)O. The van der Waals surface area contributed by atoms with E-state index < -0.39 is 5.97 Å². The van der Waals surface area contributed by atoms with Gasteiger partial charge in [-0.25, -0.2) is 0 Å². The molecule has 0 bridgehead atoms. The standard InChI is InChI=1S/C7H12N2.C2H5NO2/c1-3-4-9-6-5-8(2)7-9;3-1-2(4)5/h3,5-6H,1,4,7H2,2H3;1,3H2,(H,4,5). The van der Waals surface area contributed by atoms with Gasteiger partial charge in [0.1, 0.15) is 0 Å². The molecule has 5 nitrogen and oxygen atoms in total. The first-order valence-electron chi connectivity index (χ1n) is 4.25. The summed E-state index contributed by atoms with van der Waals surface area (Å²) in [4.78, 5) is 13.6. The number of aliphatic carboxylic acids is 1.